The van der Waals surface area contributed by atoms with Crippen molar-refractivity contribution in [2.24, 2.45) is 0 Å². The van der Waals surface area contributed by atoms with Crippen LogP contribution in [-0.2, 0) is 0 Å². The Hall–Kier alpha value is -0.561. The SMILES string of the molecule is CC(C)(C)[Si](C(C)(C)C)C(C)(C)C.CC(C)(C)[Si](C(C)(C)C)C(C)(C)C.CC1=[C](C)[Ge][CH]([Ge]2[C](c3ccccc3)=[C]2c2ccccc2)C1. The van der Waals surface area contributed by atoms with E-state index in [1.54, 1.807) is 18.8 Å². The molecule has 2 aromatic carbocycles. The molecule has 4 rings (SSSR count). The van der Waals surface area contributed by atoms with Crippen LogP contribution in [0.1, 0.15) is 156 Å². The molecule has 2 aliphatic heterocycles. The summed E-state index contributed by atoms with van der Waals surface area (Å²) in [6.07, 6.45) is 1.40. The van der Waals surface area contributed by atoms with Crippen LogP contribution in [0, 0.1) is 0 Å². The van der Waals surface area contributed by atoms with E-state index in [2.05, 4.69) is 199 Å². The Bertz CT molecular complexity index is 1210. The molecule has 0 aromatic heterocycles. The Morgan fingerprint density at radius 2 is 0.750 bits per heavy atom. The Balaban J connectivity index is 0.000000269. The molecule has 2 aromatic rings. The summed E-state index contributed by atoms with van der Waals surface area (Å²) in [5.41, 5.74) is 4.71. The Kier molecular flexibility index (Phi) is 14.5. The predicted molar refractivity (Wildman–Crippen MR) is 228 cm³/mol. The summed E-state index contributed by atoms with van der Waals surface area (Å²) in [5, 5.41) is 2.92. The van der Waals surface area contributed by atoms with Crippen LogP contribution in [0.3, 0.4) is 0 Å². The van der Waals surface area contributed by atoms with Gasteiger partial charge in [0.2, 0.25) is 0 Å². The fourth-order valence-electron chi connectivity index (χ4n) is 10.2. The second-order valence-corrected chi connectivity index (χ2v) is 42.4. The summed E-state index contributed by atoms with van der Waals surface area (Å²) in [4.78, 5) is 0. The van der Waals surface area contributed by atoms with Gasteiger partial charge in [-0.1, -0.05) is 125 Å². The van der Waals surface area contributed by atoms with E-state index < -0.39 is 31.9 Å². The molecule has 2 aliphatic rings. The first-order valence-corrected chi connectivity index (χ1v) is 27.0. The van der Waals surface area contributed by atoms with E-state index >= 15 is 0 Å². The maximum atomic E-state index is 2.40. The van der Waals surface area contributed by atoms with Crippen molar-refractivity contribution < 1.29 is 0 Å². The molecule has 1 unspecified atom stereocenters. The van der Waals surface area contributed by atoms with Gasteiger partial charge in [-0.05, 0) is 30.2 Å². The van der Waals surface area contributed by atoms with E-state index in [4.69, 9.17) is 0 Å². The van der Waals surface area contributed by atoms with Crippen molar-refractivity contribution in [3.63, 3.8) is 0 Å². The first-order chi connectivity index (χ1) is 21.5. The van der Waals surface area contributed by atoms with Gasteiger partial charge in [0.15, 0.2) is 0 Å². The zero-order chi connectivity index (χ0) is 37.3. The van der Waals surface area contributed by atoms with Gasteiger partial charge in [-0.25, -0.2) is 0 Å². The van der Waals surface area contributed by atoms with Gasteiger partial charge >= 0.3 is 144 Å². The normalized spacial score (nSPS) is 18.2. The van der Waals surface area contributed by atoms with Crippen LogP contribution in [0.4, 0.5) is 0 Å². The van der Waals surface area contributed by atoms with E-state index in [1.165, 1.54) is 17.5 Å². The molecule has 4 heteroatoms. The molecule has 265 valence electrons. The Morgan fingerprint density at radius 1 is 0.479 bits per heavy atom. The number of hydrogen-bond donors (Lipinski definition) is 0. The molecule has 0 bridgehead atoms. The minimum absolute atomic E-state index is 0.123. The monoisotopic (exact) mass is 805 g/mol. The van der Waals surface area contributed by atoms with E-state index in [0.717, 1.165) is 3.58 Å². The predicted octanol–water partition coefficient (Wildman–Crippen LogP) is 14.7. The maximum absolute atomic E-state index is 2.40. The third-order valence-corrected chi connectivity index (χ3v) is 31.8. The van der Waals surface area contributed by atoms with Gasteiger partial charge in [0.05, 0.1) is 17.6 Å². The summed E-state index contributed by atoms with van der Waals surface area (Å²) in [5.74, 6) is 0. The van der Waals surface area contributed by atoms with Gasteiger partial charge in [-0.15, -0.1) is 0 Å². The van der Waals surface area contributed by atoms with Crippen LogP contribution >= 0.6 is 0 Å². The van der Waals surface area contributed by atoms with Crippen molar-refractivity contribution in [1.29, 1.82) is 0 Å². The van der Waals surface area contributed by atoms with Crippen molar-refractivity contribution >= 4 is 56.2 Å². The van der Waals surface area contributed by atoms with E-state index in [9.17, 15) is 0 Å². The average molecular weight is 803 g/mol. The summed E-state index contributed by atoms with van der Waals surface area (Å²) >= 11 is -1.08. The Morgan fingerprint density at radius 3 is 0.938 bits per heavy atom. The molecular formula is C44H73Ge2Si2. The third kappa shape index (κ3) is 12.3. The summed E-state index contributed by atoms with van der Waals surface area (Å²) in [7, 11) is -0.782. The number of benzene rings is 2. The van der Waals surface area contributed by atoms with Gasteiger partial charge < -0.3 is 0 Å². The van der Waals surface area contributed by atoms with E-state index in [-0.39, 0.29) is 15.4 Å². The van der Waals surface area contributed by atoms with E-state index in [1.807, 2.05) is 0 Å². The first kappa shape index (κ1) is 43.6. The van der Waals surface area contributed by atoms with Crippen LogP contribution in [0.2, 0.25) is 33.8 Å². The topological polar surface area (TPSA) is 0 Å². The fourth-order valence-corrected chi connectivity index (χ4v) is 40.5. The van der Waals surface area contributed by atoms with Gasteiger partial charge in [-0.2, -0.15) is 0 Å². The zero-order valence-corrected chi connectivity index (χ0v) is 41.3. The van der Waals surface area contributed by atoms with Crippen molar-refractivity contribution in [2.45, 2.75) is 179 Å². The summed E-state index contributed by atoms with van der Waals surface area (Å²) < 4.78 is 6.40. The molecule has 2 heterocycles. The molecule has 0 saturated heterocycles. The van der Waals surface area contributed by atoms with Crippen molar-refractivity contribution in [1.82, 2.24) is 0 Å². The fraction of sp³-hybridized carbons (Fsp3) is 0.636. The van der Waals surface area contributed by atoms with Gasteiger partial charge in [0.25, 0.3) is 0 Å². The molecular weight excluding hydrogens is 730 g/mol. The zero-order valence-electron chi connectivity index (χ0n) is 35.1. The third-order valence-electron chi connectivity index (χ3n) is 9.24. The quantitative estimate of drug-likeness (QED) is 0.271. The van der Waals surface area contributed by atoms with Gasteiger partial charge in [0.1, 0.15) is 0 Å². The molecule has 1 atom stereocenters. The van der Waals surface area contributed by atoms with E-state index in [0.29, 0.717) is 30.2 Å². The standard InChI is InChI=1S/C20H19Ge2.2C12H27Si/c1-14-13-18(21-15(14)2)22-19(16-9-5-3-6-10-16)20(22)17-11-7-4-8-12-17;2*1-10(2,3)13(11(4,5)6)12(7,8)9/h3-12,18H,13H2,1-2H3;2*1-9H3. The van der Waals surface area contributed by atoms with Crippen LogP contribution in [0.25, 0.3) is 8.81 Å². The Labute approximate surface area is 314 Å². The summed E-state index contributed by atoms with van der Waals surface area (Å²) in [6, 6.07) is 22.3. The molecule has 0 spiro atoms. The second kappa shape index (κ2) is 16.0. The molecule has 0 nitrogen and oxygen atoms in total. The summed E-state index contributed by atoms with van der Waals surface area (Å²) in [6.45, 7) is 48.0. The van der Waals surface area contributed by atoms with Crippen LogP contribution < -0.4 is 0 Å². The number of allylic oxidation sites excluding steroid dienone is 2. The molecule has 0 saturated carbocycles. The first-order valence-electron chi connectivity index (χ1n) is 18.4. The molecule has 0 fully saturated rings. The van der Waals surface area contributed by atoms with Crippen LogP contribution in [0.5, 0.6) is 0 Å². The van der Waals surface area contributed by atoms with Crippen LogP contribution in [0.15, 0.2) is 70.6 Å². The van der Waals surface area contributed by atoms with Gasteiger partial charge in [-0.3, -0.25) is 0 Å². The van der Waals surface area contributed by atoms with Crippen LogP contribution in [-0.4, -0.2) is 47.4 Å². The number of rotatable bonds is 3. The molecule has 0 amide bonds. The molecule has 0 N–H and O–H groups in total. The van der Waals surface area contributed by atoms with Gasteiger partial charge in [0, 0.05) is 0 Å². The van der Waals surface area contributed by atoms with Crippen molar-refractivity contribution in [3.05, 3.63) is 81.8 Å². The molecule has 5 radical (unpaired) electrons. The minimum atomic E-state index is -1.20. The molecule has 48 heavy (non-hydrogen) atoms. The van der Waals surface area contributed by atoms with Crippen molar-refractivity contribution in [2.75, 3.05) is 0 Å². The average Bonchev–Trinajstić information content (AvgIpc) is 3.51. The van der Waals surface area contributed by atoms with Crippen molar-refractivity contribution in [3.8, 4) is 0 Å². The second-order valence-electron chi connectivity index (χ2n) is 20.5. The number of hydrogen-bond acceptors (Lipinski definition) is 0. The molecule has 0 aliphatic carbocycles.